The molecule has 6 heteroatoms. The molecule has 1 fully saturated rings. The normalized spacial score (nSPS) is 14.2. The maximum absolute atomic E-state index is 12.1. The summed E-state index contributed by atoms with van der Waals surface area (Å²) in [4.78, 5) is 25.8. The summed E-state index contributed by atoms with van der Waals surface area (Å²) in [5.41, 5.74) is 3.72. The van der Waals surface area contributed by atoms with Gasteiger partial charge in [0.1, 0.15) is 0 Å². The van der Waals surface area contributed by atoms with Gasteiger partial charge in [-0.05, 0) is 49.6 Å². The van der Waals surface area contributed by atoms with Crippen molar-refractivity contribution in [1.82, 2.24) is 9.78 Å². The van der Waals surface area contributed by atoms with Crippen molar-refractivity contribution in [3.8, 4) is 0 Å². The number of benzene rings is 1. The van der Waals surface area contributed by atoms with Gasteiger partial charge in [0.05, 0.1) is 0 Å². The average Bonchev–Trinajstić information content (AvgIpc) is 3.14. The molecule has 126 valence electrons. The zero-order valence-corrected chi connectivity index (χ0v) is 14.1. The topological polar surface area (TPSA) is 67.2 Å². The minimum atomic E-state index is -0.0272. The number of amides is 2. The van der Waals surface area contributed by atoms with E-state index in [9.17, 15) is 9.59 Å². The summed E-state index contributed by atoms with van der Waals surface area (Å²) in [5, 5.41) is 7.02. The average molecular weight is 326 g/mol. The molecule has 1 aromatic carbocycles. The molecule has 1 aromatic heterocycles. The Kier molecular flexibility index (Phi) is 4.64. The Morgan fingerprint density at radius 1 is 1.33 bits per heavy atom. The molecule has 6 nitrogen and oxygen atoms in total. The standard InChI is InChI=1S/C18H22N4O2/c1-13-12-14(5-7-16(13)22-11-3-4-18(22)24)20-17(23)8-6-15-9-10-19-21(15)2/h5,7,9-10,12H,3-4,6,8,11H2,1-2H3,(H,20,23). The van der Waals surface area contributed by atoms with E-state index < -0.39 is 0 Å². The summed E-state index contributed by atoms with van der Waals surface area (Å²) in [5.74, 6) is 0.145. The van der Waals surface area contributed by atoms with Gasteiger partial charge in [-0.15, -0.1) is 0 Å². The second-order valence-corrected chi connectivity index (χ2v) is 6.14. The third-order valence-corrected chi connectivity index (χ3v) is 4.38. The van der Waals surface area contributed by atoms with Crippen molar-refractivity contribution in [2.45, 2.75) is 32.6 Å². The van der Waals surface area contributed by atoms with E-state index in [2.05, 4.69) is 10.4 Å². The predicted octanol–water partition coefficient (Wildman–Crippen LogP) is 2.43. The Morgan fingerprint density at radius 2 is 2.17 bits per heavy atom. The number of nitrogens with zero attached hydrogens (tertiary/aromatic N) is 3. The highest BCUT2D eigenvalue weighted by molar-refractivity contribution is 5.97. The number of aromatic nitrogens is 2. The predicted molar refractivity (Wildman–Crippen MR) is 92.9 cm³/mol. The van der Waals surface area contributed by atoms with Crippen LogP contribution in [-0.4, -0.2) is 28.1 Å². The second kappa shape index (κ2) is 6.86. The van der Waals surface area contributed by atoms with E-state index >= 15 is 0 Å². The van der Waals surface area contributed by atoms with E-state index in [1.807, 2.05) is 43.1 Å². The lowest BCUT2D eigenvalue weighted by Gasteiger charge is -2.19. The van der Waals surface area contributed by atoms with E-state index in [4.69, 9.17) is 0 Å². The molecule has 2 amide bonds. The Hall–Kier alpha value is -2.63. The van der Waals surface area contributed by atoms with E-state index in [-0.39, 0.29) is 11.8 Å². The first kappa shape index (κ1) is 16.2. The molecule has 3 rings (SSSR count). The maximum Gasteiger partial charge on any atom is 0.227 e. The fourth-order valence-electron chi connectivity index (χ4n) is 3.05. The Labute approximate surface area is 141 Å². The number of nitrogens with one attached hydrogen (secondary N) is 1. The van der Waals surface area contributed by atoms with Crippen LogP contribution in [0.3, 0.4) is 0 Å². The van der Waals surface area contributed by atoms with E-state index in [0.29, 0.717) is 19.3 Å². The molecule has 0 radical (unpaired) electrons. The van der Waals surface area contributed by atoms with Crippen molar-refractivity contribution in [2.24, 2.45) is 7.05 Å². The van der Waals surface area contributed by atoms with Gasteiger partial charge in [-0.3, -0.25) is 14.3 Å². The molecule has 0 unspecified atom stereocenters. The number of anilines is 2. The van der Waals surface area contributed by atoms with E-state index in [1.54, 1.807) is 10.9 Å². The number of hydrogen-bond donors (Lipinski definition) is 1. The molecule has 0 spiro atoms. The van der Waals surface area contributed by atoms with Crippen LogP contribution < -0.4 is 10.2 Å². The summed E-state index contributed by atoms with van der Waals surface area (Å²) in [6.07, 6.45) is 4.32. The molecular weight excluding hydrogens is 304 g/mol. The number of aryl methyl sites for hydroxylation is 3. The molecule has 24 heavy (non-hydrogen) atoms. The minimum absolute atomic E-state index is 0.0272. The summed E-state index contributed by atoms with van der Waals surface area (Å²) in [7, 11) is 1.87. The van der Waals surface area contributed by atoms with Crippen LogP contribution in [0.2, 0.25) is 0 Å². The molecule has 1 N–H and O–H groups in total. The van der Waals surface area contributed by atoms with Gasteiger partial charge in [0.2, 0.25) is 11.8 Å². The highest BCUT2D eigenvalue weighted by Crippen LogP contribution is 2.27. The first-order chi connectivity index (χ1) is 11.5. The summed E-state index contributed by atoms with van der Waals surface area (Å²) >= 11 is 0. The quantitative estimate of drug-likeness (QED) is 0.917. The van der Waals surface area contributed by atoms with Crippen LogP contribution >= 0.6 is 0 Å². The maximum atomic E-state index is 12.1. The zero-order chi connectivity index (χ0) is 17.1. The van der Waals surface area contributed by atoms with Crippen LogP contribution in [0.1, 0.15) is 30.5 Å². The van der Waals surface area contributed by atoms with Gasteiger partial charge in [-0.2, -0.15) is 5.10 Å². The fourth-order valence-corrected chi connectivity index (χ4v) is 3.05. The smallest absolute Gasteiger partial charge is 0.227 e. The van der Waals surface area contributed by atoms with Gasteiger partial charge in [-0.25, -0.2) is 0 Å². The van der Waals surface area contributed by atoms with E-state index in [0.717, 1.165) is 35.6 Å². The molecule has 0 saturated carbocycles. The Morgan fingerprint density at radius 3 is 2.79 bits per heavy atom. The molecule has 2 heterocycles. The number of rotatable bonds is 5. The van der Waals surface area contributed by atoms with E-state index in [1.165, 1.54) is 0 Å². The van der Waals surface area contributed by atoms with Gasteiger partial charge in [0.15, 0.2) is 0 Å². The molecule has 0 aliphatic carbocycles. The third kappa shape index (κ3) is 3.48. The van der Waals surface area contributed by atoms with Crippen LogP contribution in [0.15, 0.2) is 30.5 Å². The molecular formula is C18H22N4O2. The summed E-state index contributed by atoms with van der Waals surface area (Å²) in [6, 6.07) is 7.60. The molecule has 0 bridgehead atoms. The van der Waals surface area contributed by atoms with Gasteiger partial charge in [0.25, 0.3) is 0 Å². The van der Waals surface area contributed by atoms with Crippen LogP contribution in [0.4, 0.5) is 11.4 Å². The highest BCUT2D eigenvalue weighted by Gasteiger charge is 2.23. The van der Waals surface area contributed by atoms with Crippen LogP contribution in [0, 0.1) is 6.92 Å². The van der Waals surface area contributed by atoms with Crippen molar-refractivity contribution in [2.75, 3.05) is 16.8 Å². The van der Waals surface area contributed by atoms with Crippen molar-refractivity contribution in [3.63, 3.8) is 0 Å². The van der Waals surface area contributed by atoms with Crippen LogP contribution in [0.5, 0.6) is 0 Å². The second-order valence-electron chi connectivity index (χ2n) is 6.14. The molecule has 0 atom stereocenters. The van der Waals surface area contributed by atoms with Crippen molar-refractivity contribution < 1.29 is 9.59 Å². The minimum Gasteiger partial charge on any atom is -0.326 e. The van der Waals surface area contributed by atoms with Gasteiger partial charge >= 0.3 is 0 Å². The summed E-state index contributed by atoms with van der Waals surface area (Å²) in [6.45, 7) is 2.74. The third-order valence-electron chi connectivity index (χ3n) is 4.38. The lowest BCUT2D eigenvalue weighted by atomic mass is 10.1. The first-order valence-electron chi connectivity index (χ1n) is 8.22. The zero-order valence-electron chi connectivity index (χ0n) is 14.1. The highest BCUT2D eigenvalue weighted by atomic mass is 16.2. The largest absolute Gasteiger partial charge is 0.326 e. The molecule has 1 saturated heterocycles. The van der Waals surface area contributed by atoms with Gasteiger partial charge in [0, 0.05) is 49.7 Å². The monoisotopic (exact) mass is 326 g/mol. The van der Waals surface area contributed by atoms with Crippen molar-refractivity contribution >= 4 is 23.2 Å². The number of hydrogen-bond acceptors (Lipinski definition) is 3. The van der Waals surface area contributed by atoms with Gasteiger partial charge < -0.3 is 10.2 Å². The molecule has 1 aliphatic rings. The molecule has 2 aromatic rings. The first-order valence-corrected chi connectivity index (χ1v) is 8.22. The van der Waals surface area contributed by atoms with Crippen LogP contribution in [-0.2, 0) is 23.1 Å². The van der Waals surface area contributed by atoms with Crippen molar-refractivity contribution in [3.05, 3.63) is 41.7 Å². The fraction of sp³-hybridized carbons (Fsp3) is 0.389. The Balaban J connectivity index is 1.61. The number of carbonyl (C=O) groups is 2. The lowest BCUT2D eigenvalue weighted by Crippen LogP contribution is -2.24. The SMILES string of the molecule is Cc1cc(NC(=O)CCc2ccnn2C)ccc1N1CCCC1=O. The Bertz CT molecular complexity index is 766. The summed E-state index contributed by atoms with van der Waals surface area (Å²) < 4.78 is 1.78. The van der Waals surface area contributed by atoms with Crippen molar-refractivity contribution in [1.29, 1.82) is 0 Å². The van der Waals surface area contributed by atoms with Gasteiger partial charge in [-0.1, -0.05) is 0 Å². The molecule has 1 aliphatic heterocycles. The lowest BCUT2D eigenvalue weighted by molar-refractivity contribution is -0.117. The number of carbonyl (C=O) groups excluding carboxylic acids is 2. The van der Waals surface area contributed by atoms with Crippen LogP contribution in [0.25, 0.3) is 0 Å².